The Morgan fingerprint density at radius 1 is 1.22 bits per heavy atom. The molecular weight excluding hydrogens is 310 g/mol. The largest absolute Gasteiger partial charge is 0.395 e. The number of ether oxygens (including phenoxy) is 1. The van der Waals surface area contributed by atoms with E-state index in [1.165, 1.54) is 0 Å². The fraction of sp³-hybridized carbons (Fsp3) is 0.294. The van der Waals surface area contributed by atoms with Crippen molar-refractivity contribution in [3.05, 3.63) is 41.5 Å². The molecule has 0 fully saturated rings. The van der Waals surface area contributed by atoms with E-state index < -0.39 is 0 Å². The highest BCUT2D eigenvalue weighted by atomic mass is 32.1. The van der Waals surface area contributed by atoms with Crippen molar-refractivity contribution in [2.75, 3.05) is 32.2 Å². The molecule has 1 aromatic carbocycles. The maximum Gasteiger partial charge on any atom is 0.158 e. The minimum atomic E-state index is 0.0758. The summed E-state index contributed by atoms with van der Waals surface area (Å²) < 4.78 is 5.17. The van der Waals surface area contributed by atoms with Crippen LogP contribution in [0.2, 0.25) is 0 Å². The van der Waals surface area contributed by atoms with Crippen molar-refractivity contribution in [2.45, 2.75) is 6.61 Å². The molecule has 0 amide bonds. The average Bonchev–Trinajstić information content (AvgIpc) is 2.99. The van der Waals surface area contributed by atoms with Gasteiger partial charge in [0.2, 0.25) is 0 Å². The molecule has 23 heavy (non-hydrogen) atoms. The van der Waals surface area contributed by atoms with Crippen molar-refractivity contribution in [1.82, 2.24) is 9.97 Å². The quantitative estimate of drug-likeness (QED) is 0.753. The number of rotatable bonds is 6. The number of aliphatic hydroxyl groups excluding tert-OH is 1. The monoisotopic (exact) mass is 329 g/mol. The third-order valence-electron chi connectivity index (χ3n) is 3.62. The zero-order valence-corrected chi connectivity index (χ0v) is 14.0. The number of likely N-dealkylation sites (N-methyl/N-ethyl adjacent to an activating group) is 1. The first kappa shape index (κ1) is 15.9. The number of fused-ring (bicyclic) bond motifs is 1. The molecule has 0 aliphatic carbocycles. The van der Waals surface area contributed by atoms with E-state index in [2.05, 4.69) is 27.5 Å². The molecule has 6 heteroatoms. The zero-order valence-electron chi connectivity index (χ0n) is 13.2. The molecule has 0 saturated heterocycles. The second kappa shape index (κ2) is 7.04. The first-order valence-corrected chi connectivity index (χ1v) is 8.27. The summed E-state index contributed by atoms with van der Waals surface area (Å²) in [6.07, 6.45) is 0. The van der Waals surface area contributed by atoms with Crippen LogP contribution in [0.15, 0.2) is 35.7 Å². The van der Waals surface area contributed by atoms with Crippen LogP contribution in [0.1, 0.15) is 5.82 Å². The smallest absolute Gasteiger partial charge is 0.158 e. The summed E-state index contributed by atoms with van der Waals surface area (Å²) in [5.74, 6) is 1.48. The fourth-order valence-corrected chi connectivity index (χ4v) is 3.48. The maximum atomic E-state index is 9.27. The van der Waals surface area contributed by atoms with Gasteiger partial charge in [0.25, 0.3) is 0 Å². The van der Waals surface area contributed by atoms with Crippen molar-refractivity contribution < 1.29 is 9.84 Å². The van der Waals surface area contributed by atoms with Crippen molar-refractivity contribution in [3.8, 4) is 11.1 Å². The minimum absolute atomic E-state index is 0.0758. The molecule has 0 saturated carbocycles. The number of benzene rings is 1. The second-order valence-electron chi connectivity index (χ2n) is 5.24. The van der Waals surface area contributed by atoms with Crippen LogP contribution in [-0.4, -0.2) is 42.4 Å². The van der Waals surface area contributed by atoms with Crippen molar-refractivity contribution in [3.63, 3.8) is 0 Å². The van der Waals surface area contributed by atoms with Crippen molar-refractivity contribution in [1.29, 1.82) is 0 Å². The number of aliphatic hydroxyl groups is 1. The van der Waals surface area contributed by atoms with Gasteiger partial charge in [0.1, 0.15) is 17.3 Å². The Kier molecular flexibility index (Phi) is 4.85. The molecule has 0 radical (unpaired) electrons. The molecular formula is C17H19N3O2S. The van der Waals surface area contributed by atoms with Crippen molar-refractivity contribution >= 4 is 27.4 Å². The molecule has 0 aliphatic rings. The first-order valence-electron chi connectivity index (χ1n) is 7.39. The molecule has 0 aliphatic heterocycles. The van der Waals surface area contributed by atoms with Crippen LogP contribution in [0.3, 0.4) is 0 Å². The van der Waals surface area contributed by atoms with Gasteiger partial charge in [-0.2, -0.15) is 0 Å². The Balaban J connectivity index is 2.20. The van der Waals surface area contributed by atoms with E-state index in [4.69, 9.17) is 4.74 Å². The number of anilines is 1. The molecule has 0 unspecified atom stereocenters. The fourth-order valence-electron chi connectivity index (χ4n) is 2.52. The summed E-state index contributed by atoms with van der Waals surface area (Å²) in [7, 11) is 3.56. The molecule has 0 bridgehead atoms. The van der Waals surface area contributed by atoms with E-state index in [1.807, 2.05) is 30.1 Å². The highest BCUT2D eigenvalue weighted by Crippen LogP contribution is 2.38. The molecule has 1 N–H and O–H groups in total. The van der Waals surface area contributed by atoms with Crippen LogP contribution in [0.25, 0.3) is 21.3 Å². The highest BCUT2D eigenvalue weighted by Gasteiger charge is 2.17. The first-order chi connectivity index (χ1) is 11.2. The topological polar surface area (TPSA) is 58.5 Å². The minimum Gasteiger partial charge on any atom is -0.395 e. The summed E-state index contributed by atoms with van der Waals surface area (Å²) in [5.41, 5.74) is 2.26. The third kappa shape index (κ3) is 3.19. The van der Waals surface area contributed by atoms with Gasteiger partial charge in [-0.15, -0.1) is 11.3 Å². The van der Waals surface area contributed by atoms with E-state index in [0.717, 1.165) is 27.2 Å². The number of hydrogen-bond donors (Lipinski definition) is 1. The van der Waals surface area contributed by atoms with Crippen LogP contribution >= 0.6 is 11.3 Å². The molecule has 0 atom stereocenters. The van der Waals surface area contributed by atoms with E-state index >= 15 is 0 Å². The van der Waals surface area contributed by atoms with Gasteiger partial charge < -0.3 is 14.7 Å². The second-order valence-corrected chi connectivity index (χ2v) is 6.10. The standard InChI is InChI=1S/C17H19N3O2S/c1-20(8-9-21)16-15-13(12-6-4-3-5-7-12)11-23-17(15)19-14(18-16)10-22-2/h3-7,11,21H,8-10H2,1-2H3. The van der Waals surface area contributed by atoms with E-state index in [-0.39, 0.29) is 6.61 Å². The summed E-state index contributed by atoms with van der Waals surface area (Å²) >= 11 is 1.60. The maximum absolute atomic E-state index is 9.27. The van der Waals surface area contributed by atoms with Gasteiger partial charge >= 0.3 is 0 Å². The van der Waals surface area contributed by atoms with Gasteiger partial charge in [-0.3, -0.25) is 0 Å². The molecule has 2 aromatic heterocycles. The lowest BCUT2D eigenvalue weighted by Gasteiger charge is -2.19. The Labute approximate surface area is 139 Å². The lowest BCUT2D eigenvalue weighted by Crippen LogP contribution is -2.23. The van der Waals surface area contributed by atoms with E-state index in [0.29, 0.717) is 19.0 Å². The highest BCUT2D eigenvalue weighted by molar-refractivity contribution is 7.17. The van der Waals surface area contributed by atoms with Crippen LogP contribution < -0.4 is 4.90 Å². The van der Waals surface area contributed by atoms with Crippen LogP contribution in [0.4, 0.5) is 5.82 Å². The number of methoxy groups -OCH3 is 1. The summed E-state index contributed by atoms with van der Waals surface area (Å²) in [4.78, 5) is 12.2. The summed E-state index contributed by atoms with van der Waals surface area (Å²) in [6.45, 7) is 0.962. The summed E-state index contributed by atoms with van der Waals surface area (Å²) in [6, 6.07) is 10.2. The Hall–Kier alpha value is -2.02. The predicted molar refractivity (Wildman–Crippen MR) is 93.9 cm³/mol. The molecule has 3 rings (SSSR count). The lowest BCUT2D eigenvalue weighted by molar-refractivity contribution is 0.178. The number of nitrogens with zero attached hydrogens (tertiary/aromatic N) is 3. The number of aromatic nitrogens is 2. The van der Waals surface area contributed by atoms with Crippen LogP contribution in [0.5, 0.6) is 0 Å². The Bertz CT molecular complexity index is 789. The van der Waals surface area contributed by atoms with Crippen LogP contribution in [-0.2, 0) is 11.3 Å². The van der Waals surface area contributed by atoms with E-state index in [9.17, 15) is 5.11 Å². The number of thiophene rings is 1. The molecule has 120 valence electrons. The van der Waals surface area contributed by atoms with Gasteiger partial charge in [-0.05, 0) is 5.56 Å². The van der Waals surface area contributed by atoms with Gasteiger partial charge in [0.15, 0.2) is 5.82 Å². The van der Waals surface area contributed by atoms with Gasteiger partial charge in [0.05, 0.1) is 12.0 Å². The molecule has 2 heterocycles. The Morgan fingerprint density at radius 3 is 2.70 bits per heavy atom. The molecule has 5 nitrogen and oxygen atoms in total. The molecule has 0 spiro atoms. The van der Waals surface area contributed by atoms with Crippen LogP contribution in [0, 0.1) is 0 Å². The summed E-state index contributed by atoms with van der Waals surface area (Å²) in [5, 5.41) is 12.4. The number of hydrogen-bond acceptors (Lipinski definition) is 6. The lowest BCUT2D eigenvalue weighted by atomic mass is 10.1. The third-order valence-corrected chi connectivity index (χ3v) is 4.49. The van der Waals surface area contributed by atoms with E-state index in [1.54, 1.807) is 18.4 Å². The van der Waals surface area contributed by atoms with Crippen molar-refractivity contribution in [2.24, 2.45) is 0 Å². The SMILES string of the molecule is COCc1nc(N(C)CCO)c2c(-c3ccccc3)csc2n1. The predicted octanol–water partition coefficient (Wildman–Crippen LogP) is 2.93. The zero-order chi connectivity index (χ0) is 16.2. The Morgan fingerprint density at radius 2 is 2.00 bits per heavy atom. The van der Waals surface area contributed by atoms with Gasteiger partial charge in [-0.1, -0.05) is 30.3 Å². The van der Waals surface area contributed by atoms with Gasteiger partial charge in [-0.25, -0.2) is 9.97 Å². The average molecular weight is 329 g/mol. The molecule has 3 aromatic rings. The normalized spacial score (nSPS) is 11.1. The van der Waals surface area contributed by atoms with Gasteiger partial charge in [0, 0.05) is 31.6 Å².